The van der Waals surface area contributed by atoms with Crippen molar-refractivity contribution in [2.75, 3.05) is 32.7 Å². The zero-order valence-electron chi connectivity index (χ0n) is 17.7. The highest BCUT2D eigenvalue weighted by Crippen LogP contribution is 2.27. The van der Waals surface area contributed by atoms with Crippen molar-refractivity contribution in [1.82, 2.24) is 9.80 Å². The molecule has 4 heteroatoms. The highest BCUT2D eigenvalue weighted by Gasteiger charge is 2.23. The molecule has 0 spiro atoms. The Bertz CT molecular complexity index is 996. The number of nitrogens with zero attached hydrogens (tertiary/aromatic N) is 2. The van der Waals surface area contributed by atoms with Gasteiger partial charge in [-0.2, -0.15) is 0 Å². The Morgan fingerprint density at radius 3 is 2.19 bits per heavy atom. The maximum absolute atomic E-state index is 13.2. The monoisotopic (exact) mass is 428 g/mol. The summed E-state index contributed by atoms with van der Waals surface area (Å²) in [5.74, 6) is 1.02. The third kappa shape index (κ3) is 6.09. The third-order valence-corrected chi connectivity index (χ3v) is 6.63. The second-order valence-electron chi connectivity index (χ2n) is 7.68. The summed E-state index contributed by atoms with van der Waals surface area (Å²) in [6, 6.07) is 28.8. The maximum Gasteiger partial charge on any atom is 0.255 e. The molecular weight excluding hydrogens is 400 g/mol. The zero-order valence-corrected chi connectivity index (χ0v) is 18.5. The largest absolute Gasteiger partial charge is 0.336 e. The van der Waals surface area contributed by atoms with E-state index in [4.69, 9.17) is 0 Å². The second-order valence-corrected chi connectivity index (χ2v) is 8.69. The van der Waals surface area contributed by atoms with Gasteiger partial charge in [0.15, 0.2) is 0 Å². The van der Waals surface area contributed by atoms with Crippen LogP contribution in [0.3, 0.4) is 0 Å². The molecule has 158 valence electrons. The number of piperazine rings is 1. The normalized spacial score (nSPS) is 14.8. The molecule has 1 saturated heterocycles. The highest BCUT2D eigenvalue weighted by atomic mass is 32.2. The Hall–Kier alpha value is -2.82. The van der Waals surface area contributed by atoms with Crippen LogP contribution in [0.5, 0.6) is 0 Å². The first-order valence-electron chi connectivity index (χ1n) is 10.8. The first-order chi connectivity index (χ1) is 15.3. The highest BCUT2D eigenvalue weighted by molar-refractivity contribution is 7.98. The third-order valence-electron chi connectivity index (χ3n) is 5.49. The van der Waals surface area contributed by atoms with Crippen LogP contribution in [-0.4, -0.2) is 48.4 Å². The number of hydrogen-bond donors (Lipinski definition) is 0. The smallest absolute Gasteiger partial charge is 0.255 e. The van der Waals surface area contributed by atoms with E-state index in [1.54, 1.807) is 11.8 Å². The van der Waals surface area contributed by atoms with Crippen LogP contribution < -0.4 is 0 Å². The van der Waals surface area contributed by atoms with E-state index in [0.29, 0.717) is 0 Å². The van der Waals surface area contributed by atoms with E-state index in [-0.39, 0.29) is 5.91 Å². The molecule has 3 aromatic carbocycles. The average molecular weight is 429 g/mol. The molecule has 0 bridgehead atoms. The molecule has 1 aliphatic rings. The fourth-order valence-corrected chi connectivity index (χ4v) is 4.71. The van der Waals surface area contributed by atoms with Gasteiger partial charge < -0.3 is 4.90 Å². The summed E-state index contributed by atoms with van der Waals surface area (Å²) in [5, 5.41) is 0. The lowest BCUT2D eigenvalue weighted by molar-refractivity contribution is 0.0647. The van der Waals surface area contributed by atoms with Crippen molar-refractivity contribution in [1.29, 1.82) is 0 Å². The van der Waals surface area contributed by atoms with Crippen molar-refractivity contribution < 1.29 is 4.79 Å². The fraction of sp³-hybridized carbons (Fsp3) is 0.222. The van der Waals surface area contributed by atoms with E-state index < -0.39 is 0 Å². The number of carbonyl (C=O) groups excluding carboxylic acids is 1. The summed E-state index contributed by atoms with van der Waals surface area (Å²) in [4.78, 5) is 18.7. The predicted octanol–water partition coefficient (Wildman–Crippen LogP) is 5.45. The molecule has 4 rings (SSSR count). The average Bonchev–Trinajstić information content (AvgIpc) is 2.84. The molecule has 0 N–H and O–H groups in total. The minimum atomic E-state index is 0.149. The van der Waals surface area contributed by atoms with E-state index in [1.807, 2.05) is 35.2 Å². The molecule has 0 unspecified atom stereocenters. The summed E-state index contributed by atoms with van der Waals surface area (Å²) < 4.78 is 0. The number of benzene rings is 3. The minimum Gasteiger partial charge on any atom is -0.336 e. The van der Waals surface area contributed by atoms with Gasteiger partial charge in [0.05, 0.1) is 5.56 Å². The lowest BCUT2D eigenvalue weighted by atomic mass is 10.1. The first kappa shape index (κ1) is 21.4. The molecule has 0 saturated carbocycles. The van der Waals surface area contributed by atoms with Gasteiger partial charge in [0, 0.05) is 43.4 Å². The second kappa shape index (κ2) is 11.0. The quantitative estimate of drug-likeness (QED) is 0.468. The molecule has 0 radical (unpaired) electrons. The number of amides is 1. The van der Waals surface area contributed by atoms with Crippen molar-refractivity contribution in [2.24, 2.45) is 0 Å². The molecular formula is C27H28N2OS. The van der Waals surface area contributed by atoms with Crippen molar-refractivity contribution >= 4 is 23.7 Å². The fourth-order valence-electron chi connectivity index (χ4n) is 3.71. The van der Waals surface area contributed by atoms with Crippen molar-refractivity contribution in [3.8, 4) is 0 Å². The Kier molecular flexibility index (Phi) is 7.59. The van der Waals surface area contributed by atoms with Crippen LogP contribution in [0.2, 0.25) is 0 Å². The van der Waals surface area contributed by atoms with Gasteiger partial charge in [-0.25, -0.2) is 0 Å². The van der Waals surface area contributed by atoms with Crippen LogP contribution in [0, 0.1) is 0 Å². The van der Waals surface area contributed by atoms with Crippen molar-refractivity contribution in [3.05, 3.63) is 108 Å². The van der Waals surface area contributed by atoms with Crippen LogP contribution in [0.1, 0.15) is 21.5 Å². The van der Waals surface area contributed by atoms with Gasteiger partial charge in [0.2, 0.25) is 0 Å². The molecule has 3 aromatic rings. The molecule has 1 heterocycles. The topological polar surface area (TPSA) is 23.6 Å². The van der Waals surface area contributed by atoms with E-state index in [2.05, 4.69) is 71.6 Å². The van der Waals surface area contributed by atoms with Crippen LogP contribution in [0.4, 0.5) is 0 Å². The molecule has 1 aliphatic heterocycles. The summed E-state index contributed by atoms with van der Waals surface area (Å²) in [5.41, 5.74) is 3.31. The van der Waals surface area contributed by atoms with Gasteiger partial charge >= 0.3 is 0 Å². The Morgan fingerprint density at radius 2 is 1.45 bits per heavy atom. The lowest BCUT2D eigenvalue weighted by Crippen LogP contribution is -2.48. The van der Waals surface area contributed by atoms with E-state index in [1.165, 1.54) is 11.1 Å². The van der Waals surface area contributed by atoms with Crippen LogP contribution in [0.25, 0.3) is 6.08 Å². The van der Waals surface area contributed by atoms with Crippen molar-refractivity contribution in [2.45, 2.75) is 10.6 Å². The van der Waals surface area contributed by atoms with Gasteiger partial charge in [-0.3, -0.25) is 9.69 Å². The zero-order chi connectivity index (χ0) is 21.3. The molecule has 1 amide bonds. The molecule has 1 fully saturated rings. The number of thioether (sulfide) groups is 1. The van der Waals surface area contributed by atoms with Crippen LogP contribution in [-0.2, 0) is 5.75 Å². The van der Waals surface area contributed by atoms with Crippen LogP contribution >= 0.6 is 11.8 Å². The summed E-state index contributed by atoms with van der Waals surface area (Å²) in [6.45, 7) is 4.28. The Morgan fingerprint density at radius 1 is 0.806 bits per heavy atom. The van der Waals surface area contributed by atoms with Gasteiger partial charge in [-0.15, -0.1) is 11.8 Å². The van der Waals surface area contributed by atoms with E-state index >= 15 is 0 Å². The van der Waals surface area contributed by atoms with Gasteiger partial charge in [0.25, 0.3) is 5.91 Å². The van der Waals surface area contributed by atoms with E-state index in [9.17, 15) is 4.79 Å². The maximum atomic E-state index is 13.2. The molecule has 0 aliphatic carbocycles. The van der Waals surface area contributed by atoms with Gasteiger partial charge in [0.1, 0.15) is 0 Å². The number of carbonyl (C=O) groups is 1. The van der Waals surface area contributed by atoms with E-state index in [0.717, 1.165) is 48.9 Å². The summed E-state index contributed by atoms with van der Waals surface area (Å²) in [6.07, 6.45) is 4.38. The van der Waals surface area contributed by atoms with Gasteiger partial charge in [-0.1, -0.05) is 84.9 Å². The predicted molar refractivity (Wildman–Crippen MR) is 130 cm³/mol. The molecule has 0 atom stereocenters. The lowest BCUT2D eigenvalue weighted by Gasteiger charge is -2.34. The Balaban J connectivity index is 1.31. The first-order valence-corrected chi connectivity index (χ1v) is 11.8. The molecule has 31 heavy (non-hydrogen) atoms. The number of hydrogen-bond acceptors (Lipinski definition) is 3. The molecule has 3 nitrogen and oxygen atoms in total. The summed E-state index contributed by atoms with van der Waals surface area (Å²) in [7, 11) is 0. The minimum absolute atomic E-state index is 0.149. The summed E-state index contributed by atoms with van der Waals surface area (Å²) >= 11 is 1.73. The number of rotatable bonds is 7. The SMILES string of the molecule is O=C(c1ccccc1SCc1ccccc1)N1CCN(C/C=C/c2ccccc2)CC1. The molecule has 0 aromatic heterocycles. The van der Waals surface area contributed by atoms with Gasteiger partial charge in [-0.05, 0) is 23.3 Å². The van der Waals surface area contributed by atoms with Crippen LogP contribution in [0.15, 0.2) is 95.9 Å². The Labute approximate surface area is 189 Å². The van der Waals surface area contributed by atoms with Crippen molar-refractivity contribution in [3.63, 3.8) is 0 Å². The standard InChI is InChI=1S/C27H28N2OS/c30-27(25-15-7-8-16-26(25)31-22-24-12-5-2-6-13-24)29-20-18-28(19-21-29)17-9-14-23-10-3-1-4-11-23/h1-16H,17-22H2/b14-9+.